The largest absolute Gasteiger partial charge is 0.374 e. The van der Waals surface area contributed by atoms with Crippen molar-refractivity contribution in [2.45, 2.75) is 6.04 Å². The first kappa shape index (κ1) is 29.6. The Morgan fingerprint density at radius 2 is 0.960 bits per heavy atom. The monoisotopic (exact) mass is 638 g/mol. The molecule has 0 amide bonds. The normalized spacial score (nSPS) is 13.7. The van der Waals surface area contributed by atoms with Gasteiger partial charge in [0.2, 0.25) is 0 Å². The summed E-state index contributed by atoms with van der Waals surface area (Å²) in [5.74, 6) is 0. The molecule has 1 unspecified atom stereocenters. The average molecular weight is 639 g/mol. The molecule has 8 aromatic rings. The van der Waals surface area contributed by atoms with Gasteiger partial charge in [-0.25, -0.2) is 4.98 Å². The molecule has 1 aromatic heterocycles. The molecule has 50 heavy (non-hydrogen) atoms. The predicted octanol–water partition coefficient (Wildman–Crippen LogP) is 12.5. The standard InChI is InChI=1S/C48H34N2/c1-5-16-33(17-6-1)42-32-46(36-22-11-4-12-23-36)50-48-43(29-39-24-13-14-27-41(39)47(42)48)38-26-15-25-37(28-38)40-30-44(34-18-7-2-8-19-34)49-45(31-40)35-20-9-3-10-21-35/h1-32,46,50H. The molecule has 2 heterocycles. The van der Waals surface area contributed by atoms with Crippen molar-refractivity contribution < 1.29 is 0 Å². The number of nitrogens with one attached hydrogen (secondary N) is 1. The number of nitrogens with zero attached hydrogens (tertiary/aromatic N) is 1. The molecule has 1 N–H and O–H groups in total. The van der Waals surface area contributed by atoms with Crippen LogP contribution in [0.1, 0.15) is 22.7 Å². The number of benzene rings is 7. The van der Waals surface area contributed by atoms with Gasteiger partial charge < -0.3 is 5.32 Å². The molecule has 2 nitrogen and oxygen atoms in total. The Morgan fingerprint density at radius 1 is 0.420 bits per heavy atom. The van der Waals surface area contributed by atoms with E-state index in [2.05, 4.69) is 187 Å². The Labute approximate surface area is 293 Å². The van der Waals surface area contributed by atoms with Crippen LogP contribution in [0.25, 0.3) is 61.1 Å². The zero-order valence-corrected chi connectivity index (χ0v) is 27.5. The topological polar surface area (TPSA) is 24.9 Å². The summed E-state index contributed by atoms with van der Waals surface area (Å²) in [6.07, 6.45) is 2.40. The third kappa shape index (κ3) is 5.57. The van der Waals surface area contributed by atoms with Gasteiger partial charge in [-0.1, -0.05) is 164 Å². The molecule has 236 valence electrons. The molecule has 0 radical (unpaired) electrons. The van der Waals surface area contributed by atoms with Crippen LogP contribution in [0, 0.1) is 0 Å². The zero-order chi connectivity index (χ0) is 33.3. The maximum absolute atomic E-state index is 5.13. The van der Waals surface area contributed by atoms with E-state index in [4.69, 9.17) is 4.98 Å². The van der Waals surface area contributed by atoms with Crippen LogP contribution in [0.15, 0.2) is 194 Å². The summed E-state index contributed by atoms with van der Waals surface area (Å²) < 4.78 is 0. The summed E-state index contributed by atoms with van der Waals surface area (Å²) in [6, 6.07) is 67.0. The van der Waals surface area contributed by atoms with Gasteiger partial charge in [0.05, 0.1) is 23.1 Å². The smallest absolute Gasteiger partial charge is 0.0715 e. The molecule has 1 aliphatic heterocycles. The lowest BCUT2D eigenvalue weighted by Gasteiger charge is -2.30. The Bertz CT molecular complexity index is 2430. The Morgan fingerprint density at radius 3 is 1.62 bits per heavy atom. The first-order valence-electron chi connectivity index (χ1n) is 17.2. The highest BCUT2D eigenvalue weighted by molar-refractivity contribution is 6.09. The third-order valence-electron chi connectivity index (χ3n) is 9.67. The van der Waals surface area contributed by atoms with Gasteiger partial charge in [-0.2, -0.15) is 0 Å². The highest BCUT2D eigenvalue weighted by atomic mass is 14.9. The van der Waals surface area contributed by atoms with E-state index in [1.165, 1.54) is 38.6 Å². The van der Waals surface area contributed by atoms with Crippen LogP contribution in [0.4, 0.5) is 5.69 Å². The minimum atomic E-state index is 0.0176. The van der Waals surface area contributed by atoms with E-state index in [0.717, 1.165) is 44.9 Å². The van der Waals surface area contributed by atoms with Crippen LogP contribution in [-0.2, 0) is 0 Å². The molecule has 0 saturated carbocycles. The molecule has 1 atom stereocenters. The molecule has 0 bridgehead atoms. The lowest BCUT2D eigenvalue weighted by molar-refractivity contribution is 0.975. The third-order valence-corrected chi connectivity index (χ3v) is 9.67. The van der Waals surface area contributed by atoms with Crippen molar-refractivity contribution in [3.8, 4) is 44.8 Å². The van der Waals surface area contributed by atoms with E-state index < -0.39 is 0 Å². The zero-order valence-electron chi connectivity index (χ0n) is 27.5. The Hall–Kier alpha value is -6.51. The van der Waals surface area contributed by atoms with Gasteiger partial charge in [0.25, 0.3) is 0 Å². The molecular weight excluding hydrogens is 605 g/mol. The summed E-state index contributed by atoms with van der Waals surface area (Å²) in [4.78, 5) is 5.13. The number of hydrogen-bond donors (Lipinski definition) is 1. The second-order valence-electron chi connectivity index (χ2n) is 12.8. The molecule has 0 saturated heterocycles. The summed E-state index contributed by atoms with van der Waals surface area (Å²) in [6.45, 7) is 0. The molecule has 2 heteroatoms. The first-order chi connectivity index (χ1) is 24.8. The highest BCUT2D eigenvalue weighted by Crippen LogP contribution is 2.48. The number of aromatic nitrogens is 1. The Balaban J connectivity index is 1.25. The fourth-order valence-corrected chi connectivity index (χ4v) is 7.23. The summed E-state index contributed by atoms with van der Waals surface area (Å²) in [7, 11) is 0. The van der Waals surface area contributed by atoms with Crippen molar-refractivity contribution in [3.63, 3.8) is 0 Å². The quantitative estimate of drug-likeness (QED) is 0.196. The maximum atomic E-state index is 5.13. The van der Waals surface area contributed by atoms with Crippen LogP contribution in [0.5, 0.6) is 0 Å². The van der Waals surface area contributed by atoms with E-state index in [1.54, 1.807) is 0 Å². The van der Waals surface area contributed by atoms with Crippen LogP contribution in [0.2, 0.25) is 0 Å². The van der Waals surface area contributed by atoms with Crippen molar-refractivity contribution in [2.75, 3.05) is 5.32 Å². The Kier molecular flexibility index (Phi) is 7.60. The van der Waals surface area contributed by atoms with Gasteiger partial charge in [-0.15, -0.1) is 0 Å². The summed E-state index contributed by atoms with van der Waals surface area (Å²) in [5, 5.41) is 6.47. The fraction of sp³-hybridized carbons (Fsp3) is 0.0208. The maximum Gasteiger partial charge on any atom is 0.0715 e. The van der Waals surface area contributed by atoms with Crippen molar-refractivity contribution in [1.29, 1.82) is 0 Å². The number of fused-ring (bicyclic) bond motifs is 3. The average Bonchev–Trinajstić information content (AvgIpc) is 3.21. The van der Waals surface area contributed by atoms with Gasteiger partial charge in [0.15, 0.2) is 0 Å². The SMILES string of the molecule is C1=C(c2ccccc2)c2c(c(-c3cccc(-c4cc(-c5ccccc5)nc(-c5ccccc5)c4)c3)cc3ccccc23)NC1c1ccccc1. The van der Waals surface area contributed by atoms with E-state index in [-0.39, 0.29) is 6.04 Å². The van der Waals surface area contributed by atoms with Crippen LogP contribution < -0.4 is 5.32 Å². The fourth-order valence-electron chi connectivity index (χ4n) is 7.23. The first-order valence-corrected chi connectivity index (χ1v) is 17.2. The van der Waals surface area contributed by atoms with E-state index in [9.17, 15) is 0 Å². The van der Waals surface area contributed by atoms with Gasteiger partial charge >= 0.3 is 0 Å². The van der Waals surface area contributed by atoms with Crippen molar-refractivity contribution in [2.24, 2.45) is 0 Å². The van der Waals surface area contributed by atoms with Crippen molar-refractivity contribution in [3.05, 3.63) is 211 Å². The lowest BCUT2D eigenvalue weighted by Crippen LogP contribution is -2.16. The minimum absolute atomic E-state index is 0.0176. The van der Waals surface area contributed by atoms with Crippen LogP contribution >= 0.6 is 0 Å². The molecule has 0 spiro atoms. The van der Waals surface area contributed by atoms with E-state index in [0.29, 0.717) is 0 Å². The molecule has 9 rings (SSSR count). The van der Waals surface area contributed by atoms with E-state index in [1.807, 2.05) is 12.1 Å². The number of hydrogen-bond acceptors (Lipinski definition) is 2. The molecule has 7 aromatic carbocycles. The molecule has 0 aliphatic carbocycles. The second kappa shape index (κ2) is 12.8. The van der Waals surface area contributed by atoms with Crippen LogP contribution in [0.3, 0.4) is 0 Å². The van der Waals surface area contributed by atoms with Gasteiger partial charge in [-0.05, 0) is 74.5 Å². The molecular formula is C48H34N2. The number of anilines is 1. The van der Waals surface area contributed by atoms with Crippen molar-refractivity contribution >= 4 is 22.0 Å². The number of pyridine rings is 1. The summed E-state index contributed by atoms with van der Waals surface area (Å²) in [5.41, 5.74) is 14.8. The molecule has 0 fully saturated rings. The predicted molar refractivity (Wildman–Crippen MR) is 210 cm³/mol. The minimum Gasteiger partial charge on any atom is -0.374 e. The highest BCUT2D eigenvalue weighted by Gasteiger charge is 2.26. The molecule has 1 aliphatic rings. The second-order valence-corrected chi connectivity index (χ2v) is 12.8. The van der Waals surface area contributed by atoms with E-state index >= 15 is 0 Å². The van der Waals surface area contributed by atoms with Crippen LogP contribution in [-0.4, -0.2) is 4.98 Å². The van der Waals surface area contributed by atoms with Gasteiger partial charge in [0, 0.05) is 22.3 Å². The lowest BCUT2D eigenvalue weighted by atomic mass is 9.83. The van der Waals surface area contributed by atoms with Gasteiger partial charge in [-0.3, -0.25) is 0 Å². The van der Waals surface area contributed by atoms with Gasteiger partial charge in [0.1, 0.15) is 0 Å². The number of rotatable bonds is 6. The van der Waals surface area contributed by atoms with Crippen molar-refractivity contribution in [1.82, 2.24) is 4.98 Å². The summed E-state index contributed by atoms with van der Waals surface area (Å²) >= 11 is 0.